The van der Waals surface area contributed by atoms with Gasteiger partial charge in [-0.1, -0.05) is 0 Å². The molecule has 104 valence electrons. The number of nitrogens with one attached hydrogen (secondary N) is 1. The topological polar surface area (TPSA) is 82.8 Å². The van der Waals surface area contributed by atoms with Crippen LogP contribution in [0, 0.1) is 0 Å². The molecule has 0 fully saturated rings. The lowest BCUT2D eigenvalue weighted by molar-refractivity contribution is 0.236. The molecule has 18 heavy (non-hydrogen) atoms. The average molecular weight is 276 g/mol. The number of aliphatic hydroxyl groups is 1. The zero-order chi connectivity index (χ0) is 13.8. The Kier molecular flexibility index (Phi) is 5.33. The molecule has 0 spiro atoms. The van der Waals surface area contributed by atoms with Crippen molar-refractivity contribution in [2.45, 2.75) is 31.1 Å². The smallest absolute Gasteiger partial charge is 0.274 e. The molecule has 0 amide bonds. The van der Waals surface area contributed by atoms with Crippen LogP contribution in [0.15, 0.2) is 21.6 Å². The highest BCUT2D eigenvalue weighted by Gasteiger charge is 2.21. The maximum atomic E-state index is 11.9. The van der Waals surface area contributed by atoms with Gasteiger partial charge < -0.3 is 14.4 Å². The van der Waals surface area contributed by atoms with Gasteiger partial charge >= 0.3 is 0 Å². The fraction of sp³-hybridized carbons (Fsp3) is 0.636. The monoisotopic (exact) mass is 276 g/mol. The standard InChI is InChI=1S/C11H20N2O4S/c1-9(6-7-13(2)3)12-18(15,16)11-5-4-10(8-14)17-11/h4-5,9,12,14H,6-8H2,1-3H3. The molecule has 0 bridgehead atoms. The molecule has 6 nitrogen and oxygen atoms in total. The molecular weight excluding hydrogens is 256 g/mol. The number of hydrogen-bond donors (Lipinski definition) is 2. The number of furan rings is 1. The summed E-state index contributed by atoms with van der Waals surface area (Å²) in [6.07, 6.45) is 0.708. The van der Waals surface area contributed by atoms with Crippen LogP contribution in [-0.2, 0) is 16.6 Å². The lowest BCUT2D eigenvalue weighted by Crippen LogP contribution is -2.34. The summed E-state index contributed by atoms with van der Waals surface area (Å²) in [5, 5.41) is 8.67. The minimum Gasteiger partial charge on any atom is -0.446 e. The Hall–Kier alpha value is -0.890. The van der Waals surface area contributed by atoms with Crippen molar-refractivity contribution in [2.75, 3.05) is 20.6 Å². The summed E-state index contributed by atoms with van der Waals surface area (Å²) < 4.78 is 31.4. The van der Waals surface area contributed by atoms with Crippen molar-refractivity contribution >= 4 is 10.0 Å². The molecule has 0 aliphatic rings. The van der Waals surface area contributed by atoms with Crippen LogP contribution in [0.4, 0.5) is 0 Å². The van der Waals surface area contributed by atoms with Gasteiger partial charge in [-0.3, -0.25) is 0 Å². The predicted molar refractivity (Wildman–Crippen MR) is 67.6 cm³/mol. The molecule has 0 saturated carbocycles. The molecule has 7 heteroatoms. The second-order valence-electron chi connectivity index (χ2n) is 4.49. The molecule has 1 heterocycles. The summed E-state index contributed by atoms with van der Waals surface area (Å²) in [6.45, 7) is 2.28. The fourth-order valence-electron chi connectivity index (χ4n) is 1.42. The first-order valence-corrected chi connectivity index (χ1v) is 7.20. The number of hydrogen-bond acceptors (Lipinski definition) is 5. The minimum atomic E-state index is -3.64. The van der Waals surface area contributed by atoms with E-state index >= 15 is 0 Å². The highest BCUT2D eigenvalue weighted by molar-refractivity contribution is 7.89. The largest absolute Gasteiger partial charge is 0.446 e. The molecule has 1 atom stereocenters. The highest BCUT2D eigenvalue weighted by Crippen LogP contribution is 2.14. The molecule has 0 aliphatic carbocycles. The molecule has 1 aromatic rings. The van der Waals surface area contributed by atoms with Gasteiger partial charge in [0.05, 0.1) is 0 Å². The third kappa shape index (κ3) is 4.41. The van der Waals surface area contributed by atoms with Gasteiger partial charge in [0.15, 0.2) is 0 Å². The van der Waals surface area contributed by atoms with Crippen molar-refractivity contribution in [1.82, 2.24) is 9.62 Å². The minimum absolute atomic E-state index is 0.164. The summed E-state index contributed by atoms with van der Waals surface area (Å²) in [5.74, 6) is 0.233. The van der Waals surface area contributed by atoms with Crippen LogP contribution in [0.5, 0.6) is 0 Å². The molecule has 0 saturated heterocycles. The molecule has 0 aliphatic heterocycles. The molecule has 2 N–H and O–H groups in total. The third-order valence-corrected chi connectivity index (χ3v) is 3.89. The van der Waals surface area contributed by atoms with Crippen LogP contribution in [0.2, 0.25) is 0 Å². The van der Waals surface area contributed by atoms with Crippen molar-refractivity contribution in [1.29, 1.82) is 0 Å². The van der Waals surface area contributed by atoms with E-state index in [-0.39, 0.29) is 23.5 Å². The molecule has 1 aromatic heterocycles. The number of aliphatic hydroxyl groups excluding tert-OH is 1. The van der Waals surface area contributed by atoms with E-state index in [1.807, 2.05) is 19.0 Å². The van der Waals surface area contributed by atoms with E-state index in [0.29, 0.717) is 6.42 Å². The van der Waals surface area contributed by atoms with Gasteiger partial charge in [-0.15, -0.1) is 0 Å². The Bertz CT molecular complexity index is 467. The summed E-state index contributed by atoms with van der Waals surface area (Å²) in [6, 6.07) is 2.60. The molecule has 1 rings (SSSR count). The summed E-state index contributed by atoms with van der Waals surface area (Å²) >= 11 is 0. The van der Waals surface area contributed by atoms with E-state index in [1.54, 1.807) is 6.92 Å². The first-order valence-electron chi connectivity index (χ1n) is 5.72. The average Bonchev–Trinajstić information content (AvgIpc) is 2.75. The van der Waals surface area contributed by atoms with E-state index in [9.17, 15) is 8.42 Å². The van der Waals surface area contributed by atoms with Crippen LogP contribution < -0.4 is 4.72 Å². The molecular formula is C11H20N2O4S. The first kappa shape index (κ1) is 15.2. The second kappa shape index (κ2) is 6.33. The van der Waals surface area contributed by atoms with E-state index in [1.165, 1.54) is 12.1 Å². The quantitative estimate of drug-likeness (QED) is 0.753. The third-order valence-electron chi connectivity index (χ3n) is 2.42. The normalized spacial score (nSPS) is 14.1. The number of sulfonamides is 1. The number of nitrogens with zero attached hydrogens (tertiary/aromatic N) is 1. The van der Waals surface area contributed by atoms with Gasteiger partial charge in [0.2, 0.25) is 5.09 Å². The Morgan fingerprint density at radius 2 is 2.11 bits per heavy atom. The first-order chi connectivity index (χ1) is 8.35. The summed E-state index contributed by atoms with van der Waals surface area (Å²) in [4.78, 5) is 1.99. The fourth-order valence-corrected chi connectivity index (χ4v) is 2.65. The van der Waals surface area contributed by atoms with Crippen molar-refractivity contribution in [3.63, 3.8) is 0 Å². The Labute approximate surface area is 108 Å². The van der Waals surface area contributed by atoms with E-state index in [0.717, 1.165) is 6.54 Å². The Morgan fingerprint density at radius 1 is 1.44 bits per heavy atom. The molecule has 0 aromatic carbocycles. The van der Waals surface area contributed by atoms with E-state index in [4.69, 9.17) is 9.52 Å². The van der Waals surface area contributed by atoms with Gasteiger partial charge in [-0.2, -0.15) is 0 Å². The zero-order valence-corrected chi connectivity index (χ0v) is 11.7. The van der Waals surface area contributed by atoms with E-state index < -0.39 is 10.0 Å². The van der Waals surface area contributed by atoms with Crippen LogP contribution in [0.3, 0.4) is 0 Å². The zero-order valence-electron chi connectivity index (χ0n) is 10.9. The van der Waals surface area contributed by atoms with Crippen molar-refractivity contribution in [2.24, 2.45) is 0 Å². The van der Waals surface area contributed by atoms with Gasteiger partial charge in [0.1, 0.15) is 12.4 Å². The van der Waals surface area contributed by atoms with Gasteiger partial charge in [-0.05, 0) is 46.1 Å². The lowest BCUT2D eigenvalue weighted by atomic mass is 10.2. The second-order valence-corrected chi connectivity index (χ2v) is 6.14. The maximum Gasteiger partial charge on any atom is 0.274 e. The van der Waals surface area contributed by atoms with Gasteiger partial charge in [0, 0.05) is 6.04 Å². The maximum absolute atomic E-state index is 11.9. The summed E-state index contributed by atoms with van der Waals surface area (Å²) in [7, 11) is 0.221. The van der Waals surface area contributed by atoms with Crippen LogP contribution >= 0.6 is 0 Å². The Balaban J connectivity index is 2.64. The molecule has 1 unspecified atom stereocenters. The van der Waals surface area contributed by atoms with Gasteiger partial charge in [-0.25, -0.2) is 13.1 Å². The number of rotatable bonds is 7. The summed E-state index contributed by atoms with van der Waals surface area (Å²) in [5.41, 5.74) is 0. The van der Waals surface area contributed by atoms with E-state index in [2.05, 4.69) is 4.72 Å². The highest BCUT2D eigenvalue weighted by atomic mass is 32.2. The van der Waals surface area contributed by atoms with Crippen LogP contribution in [0.25, 0.3) is 0 Å². The SMILES string of the molecule is CC(CCN(C)C)NS(=O)(=O)c1ccc(CO)o1. The van der Waals surface area contributed by atoms with Gasteiger partial charge in [0.25, 0.3) is 10.0 Å². The van der Waals surface area contributed by atoms with Crippen LogP contribution in [-0.4, -0.2) is 45.1 Å². The lowest BCUT2D eigenvalue weighted by Gasteiger charge is -2.15. The molecule has 0 radical (unpaired) electrons. The van der Waals surface area contributed by atoms with Crippen molar-refractivity contribution < 1.29 is 17.9 Å². The van der Waals surface area contributed by atoms with Crippen molar-refractivity contribution in [3.8, 4) is 0 Å². The predicted octanol–water partition coefficient (Wildman–Crippen LogP) is 0.390. The Morgan fingerprint density at radius 3 is 2.61 bits per heavy atom. The van der Waals surface area contributed by atoms with Crippen LogP contribution in [0.1, 0.15) is 19.1 Å². The van der Waals surface area contributed by atoms with Crippen molar-refractivity contribution in [3.05, 3.63) is 17.9 Å².